The quantitative estimate of drug-likeness (QED) is 0.248. The molecule has 1 N–H and O–H groups in total. The largest absolute Gasteiger partial charge is 0.350 e. The minimum atomic E-state index is -0.629. The van der Waals surface area contributed by atoms with Gasteiger partial charge in [-0.25, -0.2) is 4.90 Å². The molecular formula is C31H23Cl2N3O3. The summed E-state index contributed by atoms with van der Waals surface area (Å²) >= 11 is 12.2. The third-order valence-corrected chi connectivity index (χ3v) is 6.84. The van der Waals surface area contributed by atoms with Crippen molar-refractivity contribution in [2.45, 2.75) is 13.1 Å². The number of nitrogens with zero attached hydrogens (tertiary/aromatic N) is 2. The van der Waals surface area contributed by atoms with Crippen LogP contribution in [0.25, 0.3) is 0 Å². The fourth-order valence-corrected chi connectivity index (χ4v) is 4.60. The number of imide groups is 1. The van der Waals surface area contributed by atoms with Gasteiger partial charge in [-0.15, -0.1) is 0 Å². The first kappa shape index (κ1) is 26.2. The summed E-state index contributed by atoms with van der Waals surface area (Å²) in [5.74, 6) is -1.34. The maximum atomic E-state index is 13.5. The highest BCUT2D eigenvalue weighted by Gasteiger charge is 2.39. The molecule has 4 aromatic carbocycles. The van der Waals surface area contributed by atoms with Gasteiger partial charge in [0.25, 0.3) is 17.7 Å². The molecule has 6 nitrogen and oxygen atoms in total. The second-order valence-corrected chi connectivity index (χ2v) is 9.76. The minimum Gasteiger partial charge on any atom is -0.350 e. The molecule has 0 saturated heterocycles. The van der Waals surface area contributed by atoms with Gasteiger partial charge in [0.1, 0.15) is 10.7 Å². The monoisotopic (exact) mass is 555 g/mol. The van der Waals surface area contributed by atoms with Crippen LogP contribution in [0.5, 0.6) is 0 Å². The molecule has 39 heavy (non-hydrogen) atoms. The van der Waals surface area contributed by atoms with E-state index in [2.05, 4.69) is 5.32 Å². The lowest BCUT2D eigenvalue weighted by Gasteiger charge is -2.23. The molecule has 8 heteroatoms. The van der Waals surface area contributed by atoms with Gasteiger partial charge >= 0.3 is 0 Å². The summed E-state index contributed by atoms with van der Waals surface area (Å²) in [6.45, 7) is 0.905. The summed E-state index contributed by atoms with van der Waals surface area (Å²) in [6, 6.07) is 32.7. The zero-order chi connectivity index (χ0) is 27.4. The smallest absolute Gasteiger partial charge is 0.283 e. The number of rotatable bonds is 8. The number of nitrogens with one attached hydrogen (secondary N) is 1. The van der Waals surface area contributed by atoms with E-state index in [1.165, 1.54) is 0 Å². The van der Waals surface area contributed by atoms with Gasteiger partial charge in [-0.1, -0.05) is 83.9 Å². The summed E-state index contributed by atoms with van der Waals surface area (Å²) in [5.41, 5.74) is 3.38. The number of carbonyl (C=O) groups excluding carboxylic acids is 3. The van der Waals surface area contributed by atoms with E-state index in [1.54, 1.807) is 53.4 Å². The normalized spacial score (nSPS) is 13.1. The zero-order valence-corrected chi connectivity index (χ0v) is 22.2. The van der Waals surface area contributed by atoms with Crippen molar-refractivity contribution < 1.29 is 14.4 Å². The lowest BCUT2D eigenvalue weighted by Crippen LogP contribution is -2.32. The summed E-state index contributed by atoms with van der Waals surface area (Å²) in [7, 11) is 0. The van der Waals surface area contributed by atoms with Crippen LogP contribution in [0.4, 0.5) is 11.4 Å². The van der Waals surface area contributed by atoms with Gasteiger partial charge in [-0.05, 0) is 59.7 Å². The van der Waals surface area contributed by atoms with Crippen LogP contribution in [0, 0.1) is 0 Å². The first-order valence-corrected chi connectivity index (χ1v) is 12.9. The minimum absolute atomic E-state index is 0.0366. The topological polar surface area (TPSA) is 69.7 Å². The van der Waals surface area contributed by atoms with E-state index in [1.807, 2.05) is 60.7 Å². The second kappa shape index (κ2) is 11.6. The first-order chi connectivity index (χ1) is 18.9. The molecule has 1 heterocycles. The number of anilines is 2. The van der Waals surface area contributed by atoms with Crippen LogP contribution in [0.15, 0.2) is 120 Å². The van der Waals surface area contributed by atoms with E-state index in [-0.39, 0.29) is 16.6 Å². The predicted molar refractivity (Wildman–Crippen MR) is 153 cm³/mol. The molecule has 0 aliphatic carbocycles. The highest BCUT2D eigenvalue weighted by molar-refractivity contribution is 6.53. The van der Waals surface area contributed by atoms with Gasteiger partial charge in [0.2, 0.25) is 0 Å². The van der Waals surface area contributed by atoms with Crippen LogP contribution in [-0.2, 0) is 22.7 Å². The van der Waals surface area contributed by atoms with Crippen LogP contribution in [0.3, 0.4) is 0 Å². The van der Waals surface area contributed by atoms with Crippen molar-refractivity contribution in [3.63, 3.8) is 0 Å². The van der Waals surface area contributed by atoms with E-state index in [9.17, 15) is 14.4 Å². The van der Waals surface area contributed by atoms with Crippen LogP contribution < -0.4 is 10.2 Å². The molecule has 0 fully saturated rings. The lowest BCUT2D eigenvalue weighted by atomic mass is 10.1. The SMILES string of the molecule is O=C(c1ccc(NC2=C(Cl)C(=O)N(c3ccc(Cl)cc3)C2=O)cc1)N(Cc1ccccc1)Cc1ccccc1. The molecule has 1 aliphatic rings. The molecule has 0 atom stereocenters. The number of amides is 3. The Morgan fingerprint density at radius 3 is 1.77 bits per heavy atom. The number of hydrogen-bond acceptors (Lipinski definition) is 4. The molecule has 4 aromatic rings. The van der Waals surface area contributed by atoms with E-state index < -0.39 is 11.8 Å². The molecule has 0 unspecified atom stereocenters. The first-order valence-electron chi connectivity index (χ1n) is 12.2. The van der Waals surface area contributed by atoms with E-state index in [4.69, 9.17) is 23.2 Å². The molecule has 0 saturated carbocycles. The second-order valence-electron chi connectivity index (χ2n) is 8.95. The van der Waals surface area contributed by atoms with Gasteiger partial charge in [-0.2, -0.15) is 0 Å². The molecule has 3 amide bonds. The highest BCUT2D eigenvalue weighted by Crippen LogP contribution is 2.31. The van der Waals surface area contributed by atoms with Crippen LogP contribution in [0.2, 0.25) is 5.02 Å². The average Bonchev–Trinajstić information content (AvgIpc) is 3.17. The number of hydrogen-bond donors (Lipinski definition) is 1. The zero-order valence-electron chi connectivity index (χ0n) is 20.7. The maximum absolute atomic E-state index is 13.5. The third kappa shape index (κ3) is 5.87. The summed E-state index contributed by atoms with van der Waals surface area (Å²) in [4.78, 5) is 42.1. The number of benzene rings is 4. The molecule has 0 radical (unpaired) electrons. The van der Waals surface area contributed by atoms with Gasteiger partial charge in [-0.3, -0.25) is 14.4 Å². The van der Waals surface area contributed by atoms with Crippen LogP contribution in [0.1, 0.15) is 21.5 Å². The summed E-state index contributed by atoms with van der Waals surface area (Å²) < 4.78 is 0. The molecule has 0 aromatic heterocycles. The maximum Gasteiger partial charge on any atom is 0.283 e. The Hall–Kier alpha value is -4.39. The number of halogens is 2. The Kier molecular flexibility index (Phi) is 7.77. The molecule has 0 spiro atoms. The van der Waals surface area contributed by atoms with Gasteiger partial charge in [0, 0.05) is 29.4 Å². The van der Waals surface area contributed by atoms with Crippen molar-refractivity contribution in [1.82, 2.24) is 4.90 Å². The van der Waals surface area contributed by atoms with E-state index >= 15 is 0 Å². The summed E-state index contributed by atoms with van der Waals surface area (Å²) in [6.07, 6.45) is 0. The molecule has 194 valence electrons. The Bertz CT molecular complexity index is 1500. The van der Waals surface area contributed by atoms with Gasteiger partial charge in [0.05, 0.1) is 5.69 Å². The summed E-state index contributed by atoms with van der Waals surface area (Å²) in [5, 5.41) is 3.21. The molecule has 5 rings (SSSR count). The highest BCUT2D eigenvalue weighted by atomic mass is 35.5. The Morgan fingerprint density at radius 2 is 1.23 bits per heavy atom. The van der Waals surface area contributed by atoms with E-state index in [0.717, 1.165) is 16.0 Å². The van der Waals surface area contributed by atoms with Crippen molar-refractivity contribution in [1.29, 1.82) is 0 Å². The Labute approximate surface area is 236 Å². The predicted octanol–water partition coefficient (Wildman–Crippen LogP) is 6.62. The van der Waals surface area contributed by atoms with Crippen LogP contribution in [-0.4, -0.2) is 22.6 Å². The molecule has 1 aliphatic heterocycles. The third-order valence-electron chi connectivity index (χ3n) is 6.23. The Balaban J connectivity index is 1.33. The van der Waals surface area contributed by atoms with E-state index in [0.29, 0.717) is 35.1 Å². The van der Waals surface area contributed by atoms with Crippen molar-refractivity contribution in [3.8, 4) is 0 Å². The average molecular weight is 556 g/mol. The lowest BCUT2D eigenvalue weighted by molar-refractivity contribution is -0.120. The van der Waals surface area contributed by atoms with Crippen LogP contribution >= 0.6 is 23.2 Å². The number of carbonyl (C=O) groups is 3. The van der Waals surface area contributed by atoms with Crippen molar-refractivity contribution in [2.75, 3.05) is 10.2 Å². The van der Waals surface area contributed by atoms with Gasteiger partial charge < -0.3 is 10.2 Å². The standard InChI is InChI=1S/C31H23Cl2N3O3/c32-24-13-17-26(18-14-24)36-30(38)27(33)28(31(36)39)34-25-15-11-23(12-16-25)29(37)35(19-21-7-3-1-4-8-21)20-22-9-5-2-6-10-22/h1-18,34H,19-20H2. The molecule has 0 bridgehead atoms. The van der Waals surface area contributed by atoms with Gasteiger partial charge in [0.15, 0.2) is 0 Å². The fourth-order valence-electron chi connectivity index (χ4n) is 4.27. The Morgan fingerprint density at radius 1 is 0.692 bits per heavy atom. The van der Waals surface area contributed by atoms with Crippen molar-refractivity contribution >= 4 is 52.3 Å². The van der Waals surface area contributed by atoms with Crippen molar-refractivity contribution in [3.05, 3.63) is 142 Å². The van der Waals surface area contributed by atoms with Crippen molar-refractivity contribution in [2.24, 2.45) is 0 Å². The fraction of sp³-hybridized carbons (Fsp3) is 0.0645. The molecular weight excluding hydrogens is 533 g/mol.